The van der Waals surface area contributed by atoms with Crippen molar-refractivity contribution < 1.29 is 0 Å². The minimum Gasteiger partial charge on any atom is -0.315 e. The summed E-state index contributed by atoms with van der Waals surface area (Å²) in [6.45, 7) is 4.48. The van der Waals surface area contributed by atoms with Gasteiger partial charge in [0.15, 0.2) is 0 Å². The number of hydrogen-bond acceptors (Lipinski definition) is 2. The SMILES string of the molecule is CN[C@H]1C[C@@H]1N(C)C(C)C. The van der Waals surface area contributed by atoms with Gasteiger partial charge in [-0.05, 0) is 34.4 Å². The van der Waals surface area contributed by atoms with Gasteiger partial charge in [0.2, 0.25) is 0 Å². The van der Waals surface area contributed by atoms with Gasteiger partial charge < -0.3 is 5.32 Å². The second kappa shape index (κ2) is 2.89. The van der Waals surface area contributed by atoms with Gasteiger partial charge in [0.05, 0.1) is 0 Å². The van der Waals surface area contributed by atoms with Crippen molar-refractivity contribution in [3.8, 4) is 0 Å². The van der Waals surface area contributed by atoms with Gasteiger partial charge in [-0.2, -0.15) is 0 Å². The van der Waals surface area contributed by atoms with Gasteiger partial charge in [-0.15, -0.1) is 0 Å². The van der Waals surface area contributed by atoms with Crippen LogP contribution >= 0.6 is 0 Å². The summed E-state index contributed by atoms with van der Waals surface area (Å²) >= 11 is 0. The average Bonchev–Trinajstić information content (AvgIpc) is 2.64. The van der Waals surface area contributed by atoms with E-state index in [0.717, 1.165) is 12.1 Å². The van der Waals surface area contributed by atoms with Crippen LogP contribution in [0.3, 0.4) is 0 Å². The topological polar surface area (TPSA) is 15.3 Å². The maximum atomic E-state index is 3.28. The van der Waals surface area contributed by atoms with Crippen molar-refractivity contribution in [3.05, 3.63) is 0 Å². The molecule has 2 atom stereocenters. The van der Waals surface area contributed by atoms with Gasteiger partial charge in [-0.3, -0.25) is 4.90 Å². The first-order valence-corrected chi connectivity index (χ1v) is 4.06. The maximum Gasteiger partial charge on any atom is 0.0264 e. The fourth-order valence-corrected chi connectivity index (χ4v) is 1.32. The minimum absolute atomic E-state index is 0.684. The summed E-state index contributed by atoms with van der Waals surface area (Å²) in [4.78, 5) is 2.43. The largest absolute Gasteiger partial charge is 0.315 e. The molecule has 0 aromatic heterocycles. The molecule has 0 radical (unpaired) electrons. The molecule has 0 aromatic rings. The van der Waals surface area contributed by atoms with E-state index < -0.39 is 0 Å². The van der Waals surface area contributed by atoms with Gasteiger partial charge >= 0.3 is 0 Å². The maximum absolute atomic E-state index is 3.28. The first-order valence-electron chi connectivity index (χ1n) is 4.06. The van der Waals surface area contributed by atoms with Crippen molar-refractivity contribution in [2.75, 3.05) is 14.1 Å². The van der Waals surface area contributed by atoms with Gasteiger partial charge in [0, 0.05) is 18.1 Å². The monoisotopic (exact) mass is 142 g/mol. The Bertz CT molecular complexity index is 112. The lowest BCUT2D eigenvalue weighted by Gasteiger charge is -2.20. The number of rotatable bonds is 3. The molecule has 0 bridgehead atoms. The van der Waals surface area contributed by atoms with Crippen LogP contribution in [0.4, 0.5) is 0 Å². The lowest BCUT2D eigenvalue weighted by molar-refractivity contribution is 0.256. The molecule has 1 aliphatic rings. The molecular formula is C8H18N2. The number of hydrogen-bond donors (Lipinski definition) is 1. The van der Waals surface area contributed by atoms with E-state index in [0.29, 0.717) is 6.04 Å². The predicted octanol–water partition coefficient (Wildman–Crippen LogP) is 0.687. The van der Waals surface area contributed by atoms with E-state index in [9.17, 15) is 0 Å². The fourth-order valence-electron chi connectivity index (χ4n) is 1.32. The van der Waals surface area contributed by atoms with Gasteiger partial charge in [0.25, 0.3) is 0 Å². The summed E-state index contributed by atoms with van der Waals surface area (Å²) < 4.78 is 0. The van der Waals surface area contributed by atoms with Crippen molar-refractivity contribution in [2.45, 2.75) is 38.4 Å². The molecular weight excluding hydrogens is 124 g/mol. The van der Waals surface area contributed by atoms with Crippen LogP contribution in [-0.4, -0.2) is 37.1 Å². The van der Waals surface area contributed by atoms with Crippen molar-refractivity contribution in [3.63, 3.8) is 0 Å². The summed E-state index contributed by atoms with van der Waals surface area (Å²) in [5, 5.41) is 3.28. The second-order valence-corrected chi connectivity index (χ2v) is 3.46. The molecule has 60 valence electrons. The lowest BCUT2D eigenvalue weighted by atomic mass is 10.3. The zero-order chi connectivity index (χ0) is 7.72. The Morgan fingerprint density at radius 2 is 2.10 bits per heavy atom. The van der Waals surface area contributed by atoms with Crippen LogP contribution in [-0.2, 0) is 0 Å². The molecule has 1 aliphatic carbocycles. The van der Waals surface area contributed by atoms with Crippen LogP contribution in [0.2, 0.25) is 0 Å². The van der Waals surface area contributed by atoms with Crippen LogP contribution in [0.25, 0.3) is 0 Å². The van der Waals surface area contributed by atoms with E-state index in [1.807, 2.05) is 7.05 Å². The Kier molecular flexibility index (Phi) is 2.32. The Hall–Kier alpha value is -0.0800. The Labute approximate surface area is 63.6 Å². The normalized spacial score (nSPS) is 31.8. The zero-order valence-corrected chi connectivity index (χ0v) is 7.39. The predicted molar refractivity (Wildman–Crippen MR) is 44.2 cm³/mol. The van der Waals surface area contributed by atoms with E-state index >= 15 is 0 Å². The van der Waals surface area contributed by atoms with Crippen LogP contribution in [0.1, 0.15) is 20.3 Å². The van der Waals surface area contributed by atoms with Crippen LogP contribution in [0.15, 0.2) is 0 Å². The molecule has 0 aliphatic heterocycles. The number of nitrogens with one attached hydrogen (secondary N) is 1. The molecule has 0 saturated heterocycles. The molecule has 0 spiro atoms. The highest BCUT2D eigenvalue weighted by Crippen LogP contribution is 2.27. The number of likely N-dealkylation sites (N-methyl/N-ethyl adjacent to an activating group) is 2. The summed E-state index contributed by atoms with van der Waals surface area (Å²) in [6.07, 6.45) is 1.32. The second-order valence-electron chi connectivity index (χ2n) is 3.46. The highest BCUT2D eigenvalue weighted by atomic mass is 15.2. The molecule has 0 heterocycles. The first-order chi connectivity index (χ1) is 4.66. The van der Waals surface area contributed by atoms with Crippen molar-refractivity contribution in [1.29, 1.82) is 0 Å². The molecule has 0 unspecified atom stereocenters. The van der Waals surface area contributed by atoms with Gasteiger partial charge in [0.1, 0.15) is 0 Å². The Morgan fingerprint density at radius 3 is 2.40 bits per heavy atom. The molecule has 1 rings (SSSR count). The van der Waals surface area contributed by atoms with Crippen LogP contribution < -0.4 is 5.32 Å². The van der Waals surface area contributed by atoms with E-state index in [4.69, 9.17) is 0 Å². The Balaban J connectivity index is 2.25. The molecule has 0 aromatic carbocycles. The summed E-state index contributed by atoms with van der Waals surface area (Å²) in [5.74, 6) is 0. The number of nitrogens with zero attached hydrogens (tertiary/aromatic N) is 1. The fraction of sp³-hybridized carbons (Fsp3) is 1.00. The molecule has 10 heavy (non-hydrogen) atoms. The van der Waals surface area contributed by atoms with Gasteiger partial charge in [-0.1, -0.05) is 0 Å². The average molecular weight is 142 g/mol. The third kappa shape index (κ3) is 1.50. The summed E-state index contributed by atoms with van der Waals surface area (Å²) in [5.41, 5.74) is 0. The van der Waals surface area contributed by atoms with E-state index in [-0.39, 0.29) is 0 Å². The van der Waals surface area contributed by atoms with E-state index in [1.165, 1.54) is 6.42 Å². The van der Waals surface area contributed by atoms with Crippen LogP contribution in [0, 0.1) is 0 Å². The van der Waals surface area contributed by atoms with Gasteiger partial charge in [-0.25, -0.2) is 0 Å². The highest BCUT2D eigenvalue weighted by Gasteiger charge is 2.39. The van der Waals surface area contributed by atoms with Crippen molar-refractivity contribution >= 4 is 0 Å². The third-order valence-corrected chi connectivity index (χ3v) is 2.47. The molecule has 2 nitrogen and oxygen atoms in total. The smallest absolute Gasteiger partial charge is 0.0264 e. The van der Waals surface area contributed by atoms with E-state index in [2.05, 4.69) is 31.1 Å². The molecule has 1 fully saturated rings. The summed E-state index contributed by atoms with van der Waals surface area (Å²) in [7, 11) is 4.24. The van der Waals surface area contributed by atoms with Crippen molar-refractivity contribution in [2.24, 2.45) is 0 Å². The van der Waals surface area contributed by atoms with Crippen LogP contribution in [0.5, 0.6) is 0 Å². The standard InChI is InChI=1S/C8H18N2/c1-6(2)10(4)8-5-7(8)9-3/h6-9H,5H2,1-4H3/t7-,8-/m0/s1. The Morgan fingerprint density at radius 1 is 1.50 bits per heavy atom. The van der Waals surface area contributed by atoms with Crippen molar-refractivity contribution in [1.82, 2.24) is 10.2 Å². The lowest BCUT2D eigenvalue weighted by Crippen LogP contribution is -2.32. The highest BCUT2D eigenvalue weighted by molar-refractivity contribution is 5.00. The van der Waals surface area contributed by atoms with E-state index in [1.54, 1.807) is 0 Å². The first kappa shape index (κ1) is 8.02. The third-order valence-electron chi connectivity index (χ3n) is 2.47. The molecule has 0 amide bonds. The molecule has 1 N–H and O–H groups in total. The summed E-state index contributed by atoms with van der Waals surface area (Å²) in [6, 6.07) is 2.24. The molecule has 1 saturated carbocycles. The minimum atomic E-state index is 0.684. The molecule has 2 heteroatoms. The quantitative estimate of drug-likeness (QED) is 0.623. The zero-order valence-electron chi connectivity index (χ0n) is 7.39.